The minimum Gasteiger partial charge on any atom is -0.507 e. The Morgan fingerprint density at radius 3 is 2.50 bits per heavy atom. The Labute approximate surface area is 171 Å². The molecule has 4 rings (SSSR count). The van der Waals surface area contributed by atoms with Gasteiger partial charge in [0.1, 0.15) is 29.1 Å². The third-order valence-electron chi connectivity index (χ3n) is 4.86. The van der Waals surface area contributed by atoms with Crippen LogP contribution in [0.1, 0.15) is 22.9 Å². The molecule has 1 atom stereocenters. The third kappa shape index (κ3) is 3.12. The van der Waals surface area contributed by atoms with Crippen molar-refractivity contribution in [1.29, 1.82) is 0 Å². The number of para-hydroxylation sites is 1. The van der Waals surface area contributed by atoms with E-state index in [1.807, 2.05) is 0 Å². The molecule has 0 saturated carbocycles. The van der Waals surface area contributed by atoms with Crippen molar-refractivity contribution >= 4 is 23.3 Å². The molecule has 0 spiro atoms. The van der Waals surface area contributed by atoms with Crippen LogP contribution in [0, 0.1) is 12.7 Å². The van der Waals surface area contributed by atoms with Gasteiger partial charge in [-0.3, -0.25) is 14.5 Å². The predicted molar refractivity (Wildman–Crippen MR) is 105 cm³/mol. The monoisotopic (exact) mass is 408 g/mol. The molecular weight excluding hydrogens is 391 g/mol. The fourth-order valence-electron chi connectivity index (χ4n) is 3.49. The Kier molecular flexibility index (Phi) is 4.83. The van der Waals surface area contributed by atoms with Gasteiger partial charge in [0.05, 0.1) is 12.7 Å². The lowest BCUT2D eigenvalue weighted by Crippen LogP contribution is -2.29. The largest absolute Gasteiger partial charge is 0.507 e. The zero-order chi connectivity index (χ0) is 21.4. The van der Waals surface area contributed by atoms with Gasteiger partial charge in [-0.05, 0) is 37.3 Å². The van der Waals surface area contributed by atoms with Crippen molar-refractivity contribution < 1.29 is 28.3 Å². The number of ketones is 1. The van der Waals surface area contributed by atoms with Crippen molar-refractivity contribution in [2.45, 2.75) is 13.0 Å². The molecule has 0 aliphatic carbocycles. The number of nitrogens with zero attached hydrogens (tertiary/aromatic N) is 2. The highest BCUT2D eigenvalue weighted by Gasteiger charge is 2.49. The smallest absolute Gasteiger partial charge is 0.301 e. The average molecular weight is 408 g/mol. The number of ether oxygens (including phenoxy) is 1. The van der Waals surface area contributed by atoms with Gasteiger partial charge < -0.3 is 14.4 Å². The van der Waals surface area contributed by atoms with Crippen molar-refractivity contribution in [2.75, 3.05) is 12.0 Å². The zero-order valence-electron chi connectivity index (χ0n) is 16.1. The Morgan fingerprint density at radius 1 is 1.17 bits per heavy atom. The molecule has 1 saturated heterocycles. The highest BCUT2D eigenvalue weighted by atomic mass is 19.1. The number of Topliss-reactive ketones (excluding diaryl/α,β-unsaturated/α-hetero) is 1. The van der Waals surface area contributed by atoms with Crippen LogP contribution in [-0.4, -0.2) is 29.1 Å². The fourth-order valence-corrected chi connectivity index (χ4v) is 3.49. The first-order chi connectivity index (χ1) is 14.4. The summed E-state index contributed by atoms with van der Waals surface area (Å²) in [6.45, 7) is 1.66. The summed E-state index contributed by atoms with van der Waals surface area (Å²) in [6.07, 6.45) is 0. The highest BCUT2D eigenvalue weighted by molar-refractivity contribution is 6.51. The number of methoxy groups -OCH3 is 1. The second kappa shape index (κ2) is 7.47. The Hall–Kier alpha value is -3.94. The van der Waals surface area contributed by atoms with E-state index < -0.39 is 29.3 Å². The molecule has 8 heteroatoms. The summed E-state index contributed by atoms with van der Waals surface area (Å²) >= 11 is 0. The number of carbonyl (C=O) groups is 2. The van der Waals surface area contributed by atoms with Gasteiger partial charge in [-0.15, -0.1) is 0 Å². The summed E-state index contributed by atoms with van der Waals surface area (Å²) in [6, 6.07) is 12.3. The molecule has 1 amide bonds. The number of aryl methyl sites for hydroxylation is 1. The van der Waals surface area contributed by atoms with E-state index >= 15 is 0 Å². The van der Waals surface area contributed by atoms with Crippen LogP contribution in [0.2, 0.25) is 0 Å². The lowest BCUT2D eigenvalue weighted by molar-refractivity contribution is -0.132. The molecule has 7 nitrogen and oxygen atoms in total. The summed E-state index contributed by atoms with van der Waals surface area (Å²) in [5, 5.41) is 14.8. The minimum atomic E-state index is -1.02. The molecular formula is C22H17FN2O5. The summed E-state index contributed by atoms with van der Waals surface area (Å²) in [4.78, 5) is 27.1. The Balaban J connectivity index is 1.98. The number of amides is 1. The second-order valence-electron chi connectivity index (χ2n) is 6.71. The molecule has 0 bridgehead atoms. The molecule has 152 valence electrons. The molecule has 30 heavy (non-hydrogen) atoms. The summed E-state index contributed by atoms with van der Waals surface area (Å²) in [5.41, 5.74) is 0.519. The van der Waals surface area contributed by atoms with E-state index in [0.717, 1.165) is 17.0 Å². The van der Waals surface area contributed by atoms with Gasteiger partial charge in [0.15, 0.2) is 5.82 Å². The molecule has 1 aromatic heterocycles. The zero-order valence-corrected chi connectivity index (χ0v) is 16.1. The average Bonchev–Trinajstić information content (AvgIpc) is 3.29. The third-order valence-corrected chi connectivity index (χ3v) is 4.86. The summed E-state index contributed by atoms with van der Waals surface area (Å²) in [5.74, 6) is -1.69. The first kappa shape index (κ1) is 19.4. The van der Waals surface area contributed by atoms with Crippen molar-refractivity contribution in [3.05, 3.63) is 82.9 Å². The van der Waals surface area contributed by atoms with Gasteiger partial charge in [-0.1, -0.05) is 23.4 Å². The quantitative estimate of drug-likeness (QED) is 0.401. The van der Waals surface area contributed by atoms with E-state index in [1.54, 1.807) is 31.2 Å². The van der Waals surface area contributed by atoms with E-state index in [4.69, 9.17) is 9.26 Å². The Bertz CT molecular complexity index is 1170. The van der Waals surface area contributed by atoms with E-state index in [9.17, 15) is 19.1 Å². The maximum Gasteiger partial charge on any atom is 0.301 e. The van der Waals surface area contributed by atoms with Crippen LogP contribution in [-0.2, 0) is 9.59 Å². The molecule has 1 aliphatic heterocycles. The molecule has 1 N–H and O–H groups in total. The summed E-state index contributed by atoms with van der Waals surface area (Å²) in [7, 11) is 1.46. The molecule has 1 fully saturated rings. The van der Waals surface area contributed by atoms with Crippen LogP contribution < -0.4 is 9.64 Å². The molecule has 1 unspecified atom stereocenters. The van der Waals surface area contributed by atoms with Gasteiger partial charge in [0, 0.05) is 17.2 Å². The van der Waals surface area contributed by atoms with Gasteiger partial charge in [-0.25, -0.2) is 4.39 Å². The first-order valence-electron chi connectivity index (χ1n) is 9.05. The topological polar surface area (TPSA) is 92.9 Å². The van der Waals surface area contributed by atoms with E-state index in [0.29, 0.717) is 17.1 Å². The number of rotatable bonds is 4. The van der Waals surface area contributed by atoms with Crippen LogP contribution in [0.5, 0.6) is 5.75 Å². The van der Waals surface area contributed by atoms with Crippen LogP contribution in [0.25, 0.3) is 5.76 Å². The number of benzene rings is 2. The van der Waals surface area contributed by atoms with E-state index in [-0.39, 0.29) is 17.0 Å². The number of aromatic nitrogens is 1. The number of hydrogen-bond donors (Lipinski definition) is 1. The number of aliphatic hydroxyl groups excluding tert-OH is 1. The molecule has 0 radical (unpaired) electrons. The molecule has 2 aromatic carbocycles. The maximum absolute atomic E-state index is 13.3. The van der Waals surface area contributed by atoms with Gasteiger partial charge in [0.2, 0.25) is 0 Å². The van der Waals surface area contributed by atoms with Crippen LogP contribution >= 0.6 is 0 Å². The fraction of sp³-hybridized carbons (Fsp3) is 0.136. The lowest BCUT2D eigenvalue weighted by atomic mass is 9.94. The van der Waals surface area contributed by atoms with Crippen molar-refractivity contribution in [3.8, 4) is 5.75 Å². The first-order valence-corrected chi connectivity index (χ1v) is 9.05. The van der Waals surface area contributed by atoms with Crippen LogP contribution in [0.15, 0.2) is 64.7 Å². The minimum absolute atomic E-state index is 0.128. The number of aliphatic hydroxyl groups is 1. The number of anilines is 1. The number of halogens is 1. The van der Waals surface area contributed by atoms with Gasteiger partial charge in [-0.2, -0.15) is 0 Å². The second-order valence-corrected chi connectivity index (χ2v) is 6.71. The molecule has 3 aromatic rings. The van der Waals surface area contributed by atoms with E-state index in [2.05, 4.69) is 5.16 Å². The van der Waals surface area contributed by atoms with Crippen LogP contribution in [0.3, 0.4) is 0 Å². The van der Waals surface area contributed by atoms with Crippen molar-refractivity contribution in [2.24, 2.45) is 0 Å². The lowest BCUT2D eigenvalue weighted by Gasteiger charge is -2.24. The van der Waals surface area contributed by atoms with Gasteiger partial charge in [0.25, 0.3) is 5.78 Å². The standard InChI is InChI=1S/C22H17FN2O5/c1-12-11-17(24-30-12)25-19(15-5-3-4-6-16(15)29-2)18(21(27)22(25)28)20(26)13-7-9-14(23)10-8-13/h3-11,19,26H,1-2H3. The van der Waals surface area contributed by atoms with Crippen LogP contribution in [0.4, 0.5) is 10.2 Å². The Morgan fingerprint density at radius 2 is 1.87 bits per heavy atom. The van der Waals surface area contributed by atoms with Crippen molar-refractivity contribution in [3.63, 3.8) is 0 Å². The van der Waals surface area contributed by atoms with Gasteiger partial charge >= 0.3 is 5.91 Å². The molecule has 2 heterocycles. The highest BCUT2D eigenvalue weighted by Crippen LogP contribution is 2.44. The van der Waals surface area contributed by atoms with E-state index in [1.165, 1.54) is 25.3 Å². The summed E-state index contributed by atoms with van der Waals surface area (Å²) < 4.78 is 23.8. The maximum atomic E-state index is 13.3. The SMILES string of the molecule is COc1ccccc1C1C(=C(O)c2ccc(F)cc2)C(=O)C(=O)N1c1cc(C)on1. The normalized spacial score (nSPS) is 18.1. The number of hydrogen-bond acceptors (Lipinski definition) is 6. The van der Waals surface area contributed by atoms with Crippen molar-refractivity contribution in [1.82, 2.24) is 5.16 Å². The molecule has 1 aliphatic rings. The predicted octanol–water partition coefficient (Wildman–Crippen LogP) is 3.76. The number of carbonyl (C=O) groups excluding carboxylic acids is 2.